The number of nitrogens with zero attached hydrogens (tertiary/aromatic N) is 4. The van der Waals surface area contributed by atoms with E-state index in [0.29, 0.717) is 16.6 Å². The number of aromatic nitrogens is 1. The zero-order valence-corrected chi connectivity index (χ0v) is 22.9. The number of hydrogen-bond acceptors (Lipinski definition) is 4. The second-order valence-electron chi connectivity index (χ2n) is 9.48. The van der Waals surface area contributed by atoms with Crippen molar-refractivity contribution in [1.82, 2.24) is 9.47 Å². The van der Waals surface area contributed by atoms with E-state index in [1.807, 2.05) is 42.6 Å². The highest BCUT2D eigenvalue weighted by atomic mass is 35.5. The third-order valence-electron chi connectivity index (χ3n) is 6.96. The number of nitriles is 1. The van der Waals surface area contributed by atoms with Gasteiger partial charge in [-0.15, -0.1) is 11.3 Å². The summed E-state index contributed by atoms with van der Waals surface area (Å²) in [6, 6.07) is 27.0. The molecule has 5 aromatic rings. The highest BCUT2D eigenvalue weighted by molar-refractivity contribution is 7.16. The topological polar surface area (TPSA) is 44.3 Å². The summed E-state index contributed by atoms with van der Waals surface area (Å²) in [6.07, 6.45) is 4.88. The molecule has 4 nitrogen and oxygen atoms in total. The molecule has 0 bridgehead atoms. The molecular formula is C31H24Cl2N4S. The summed E-state index contributed by atoms with van der Waals surface area (Å²) >= 11 is 14.0. The monoisotopic (exact) mass is 554 g/mol. The lowest BCUT2D eigenvalue weighted by Gasteiger charge is -2.26. The van der Waals surface area contributed by atoms with E-state index in [-0.39, 0.29) is 0 Å². The lowest BCUT2D eigenvalue weighted by atomic mass is 10.0. The van der Waals surface area contributed by atoms with Crippen molar-refractivity contribution in [3.05, 3.63) is 122 Å². The maximum absolute atomic E-state index is 9.99. The molecule has 0 fully saturated rings. The van der Waals surface area contributed by atoms with Gasteiger partial charge in [0.2, 0.25) is 0 Å². The second kappa shape index (κ2) is 10.8. The van der Waals surface area contributed by atoms with Gasteiger partial charge in [-0.05, 0) is 41.3 Å². The zero-order chi connectivity index (χ0) is 26.1. The van der Waals surface area contributed by atoms with Crippen LogP contribution in [-0.4, -0.2) is 22.2 Å². The van der Waals surface area contributed by atoms with E-state index in [2.05, 4.69) is 58.1 Å². The molecule has 188 valence electrons. The van der Waals surface area contributed by atoms with Crippen LogP contribution in [0.4, 0.5) is 5.00 Å². The maximum atomic E-state index is 9.99. The van der Waals surface area contributed by atoms with Gasteiger partial charge in [-0.3, -0.25) is 4.90 Å². The van der Waals surface area contributed by atoms with Crippen molar-refractivity contribution in [1.29, 1.82) is 5.26 Å². The standard InChI is InChI=1S/C31H24Cl2N4S/c32-27-11-10-22(14-28(27)33)18-37-19-23(24-8-4-5-9-29(24)37)16-35-31-26(15-34)25-12-13-36(20-30(25)38-31)17-21-6-2-1-3-7-21/h1-11,14,16,19H,12-13,17-18,20H2. The Hall–Kier alpha value is -3.40. The minimum atomic E-state index is 0.551. The summed E-state index contributed by atoms with van der Waals surface area (Å²) in [5.74, 6) is 0. The highest BCUT2D eigenvalue weighted by Gasteiger charge is 2.24. The number of halogens is 2. The molecule has 3 heterocycles. The van der Waals surface area contributed by atoms with Gasteiger partial charge in [-0.2, -0.15) is 5.26 Å². The molecule has 0 saturated carbocycles. The molecule has 0 N–H and O–H groups in total. The molecule has 0 unspecified atom stereocenters. The van der Waals surface area contributed by atoms with Gasteiger partial charge in [0.25, 0.3) is 0 Å². The fourth-order valence-corrected chi connectivity index (χ4v) is 6.60. The average molecular weight is 556 g/mol. The molecule has 38 heavy (non-hydrogen) atoms. The largest absolute Gasteiger partial charge is 0.342 e. The van der Waals surface area contributed by atoms with E-state index >= 15 is 0 Å². The molecule has 0 spiro atoms. The van der Waals surface area contributed by atoms with Gasteiger partial charge in [-0.25, -0.2) is 4.99 Å². The molecule has 2 aromatic heterocycles. The van der Waals surface area contributed by atoms with Crippen LogP contribution < -0.4 is 0 Å². The molecule has 0 radical (unpaired) electrons. The van der Waals surface area contributed by atoms with Crippen molar-refractivity contribution in [2.24, 2.45) is 4.99 Å². The quantitative estimate of drug-likeness (QED) is 0.198. The Kier molecular flexibility index (Phi) is 7.06. The molecular weight excluding hydrogens is 531 g/mol. The first kappa shape index (κ1) is 24.9. The van der Waals surface area contributed by atoms with Crippen LogP contribution in [0.3, 0.4) is 0 Å². The van der Waals surface area contributed by atoms with E-state index < -0.39 is 0 Å². The molecule has 1 aliphatic rings. The summed E-state index contributed by atoms with van der Waals surface area (Å²) in [7, 11) is 0. The minimum Gasteiger partial charge on any atom is -0.342 e. The number of para-hydroxylation sites is 1. The van der Waals surface area contributed by atoms with E-state index in [9.17, 15) is 5.26 Å². The van der Waals surface area contributed by atoms with Gasteiger partial charge in [0.15, 0.2) is 0 Å². The van der Waals surface area contributed by atoms with Crippen LogP contribution in [0, 0.1) is 11.3 Å². The molecule has 0 amide bonds. The van der Waals surface area contributed by atoms with Crippen molar-refractivity contribution < 1.29 is 0 Å². The second-order valence-corrected chi connectivity index (χ2v) is 11.4. The maximum Gasteiger partial charge on any atom is 0.134 e. The Balaban J connectivity index is 1.28. The molecule has 3 aromatic carbocycles. The van der Waals surface area contributed by atoms with Gasteiger partial charge in [0.05, 0.1) is 15.6 Å². The van der Waals surface area contributed by atoms with E-state index in [1.54, 1.807) is 11.3 Å². The number of fused-ring (bicyclic) bond motifs is 2. The van der Waals surface area contributed by atoms with Crippen molar-refractivity contribution in [2.75, 3.05) is 6.54 Å². The lowest BCUT2D eigenvalue weighted by Crippen LogP contribution is -2.29. The Labute approximate surface area is 236 Å². The van der Waals surface area contributed by atoms with Gasteiger partial charge < -0.3 is 4.57 Å². The van der Waals surface area contributed by atoms with E-state index in [1.165, 1.54) is 10.4 Å². The molecule has 0 aliphatic carbocycles. The van der Waals surface area contributed by atoms with Gasteiger partial charge in [0.1, 0.15) is 11.1 Å². The van der Waals surface area contributed by atoms with Gasteiger partial charge in [-0.1, -0.05) is 77.8 Å². The SMILES string of the molecule is N#Cc1c(N=Cc2cn(Cc3ccc(Cl)c(Cl)c3)c3ccccc23)sc2c1CCN(Cc1ccccc1)C2. The van der Waals surface area contributed by atoms with Crippen molar-refractivity contribution >= 4 is 56.7 Å². The van der Waals surface area contributed by atoms with Crippen molar-refractivity contribution in [3.8, 4) is 6.07 Å². The molecule has 7 heteroatoms. The van der Waals surface area contributed by atoms with Crippen molar-refractivity contribution in [3.63, 3.8) is 0 Å². The first-order valence-electron chi connectivity index (χ1n) is 12.5. The van der Waals surface area contributed by atoms with Crippen molar-refractivity contribution in [2.45, 2.75) is 26.1 Å². The Morgan fingerprint density at radius 3 is 2.58 bits per heavy atom. The molecule has 0 saturated heterocycles. The fourth-order valence-electron chi connectivity index (χ4n) is 5.10. The van der Waals surface area contributed by atoms with E-state index in [4.69, 9.17) is 28.2 Å². The number of thiophene rings is 1. The predicted molar refractivity (Wildman–Crippen MR) is 158 cm³/mol. The normalized spacial score (nSPS) is 13.7. The number of hydrogen-bond donors (Lipinski definition) is 0. The van der Waals surface area contributed by atoms with Crippen LogP contribution in [0.2, 0.25) is 10.0 Å². The Bertz CT molecular complexity index is 1690. The number of benzene rings is 3. The summed E-state index contributed by atoms with van der Waals surface area (Å²) in [4.78, 5) is 8.55. The average Bonchev–Trinajstić information content (AvgIpc) is 3.47. The molecule has 1 aliphatic heterocycles. The smallest absolute Gasteiger partial charge is 0.134 e. The summed E-state index contributed by atoms with van der Waals surface area (Å²) in [5.41, 5.74) is 6.39. The zero-order valence-electron chi connectivity index (χ0n) is 20.6. The van der Waals surface area contributed by atoms with Crippen LogP contribution >= 0.6 is 34.5 Å². The summed E-state index contributed by atoms with van der Waals surface area (Å²) < 4.78 is 2.20. The van der Waals surface area contributed by atoms with Gasteiger partial charge >= 0.3 is 0 Å². The van der Waals surface area contributed by atoms with Gasteiger partial charge in [0, 0.05) is 59.9 Å². The number of aliphatic imine (C=N–C) groups is 1. The third kappa shape index (κ3) is 5.01. The lowest BCUT2D eigenvalue weighted by molar-refractivity contribution is 0.249. The Morgan fingerprint density at radius 2 is 1.76 bits per heavy atom. The Morgan fingerprint density at radius 1 is 0.947 bits per heavy atom. The van der Waals surface area contributed by atoms with Crippen LogP contribution in [0.1, 0.15) is 32.7 Å². The first-order valence-corrected chi connectivity index (χ1v) is 14.0. The van der Waals surface area contributed by atoms with Crippen LogP contribution in [0.15, 0.2) is 84.0 Å². The highest BCUT2D eigenvalue weighted by Crippen LogP contribution is 2.39. The van der Waals surface area contributed by atoms with Crippen LogP contribution in [0.25, 0.3) is 10.9 Å². The van der Waals surface area contributed by atoms with Crippen LogP contribution in [0.5, 0.6) is 0 Å². The fraction of sp³-hybridized carbons (Fsp3) is 0.161. The summed E-state index contributed by atoms with van der Waals surface area (Å²) in [6.45, 7) is 3.37. The minimum absolute atomic E-state index is 0.551. The van der Waals surface area contributed by atoms with Crippen LogP contribution in [-0.2, 0) is 26.1 Å². The number of rotatable bonds is 6. The molecule has 0 atom stereocenters. The van der Waals surface area contributed by atoms with E-state index in [0.717, 1.165) is 64.2 Å². The predicted octanol–water partition coefficient (Wildman–Crippen LogP) is 8.24. The summed E-state index contributed by atoms with van der Waals surface area (Å²) in [5, 5.41) is 13.0. The molecule has 6 rings (SSSR count). The first-order chi connectivity index (χ1) is 18.6. The third-order valence-corrected chi connectivity index (χ3v) is 8.82.